The monoisotopic (exact) mass is 347 g/mol. The maximum absolute atomic E-state index is 12.7. The molecule has 1 aliphatic heterocycles. The number of carbonyl (C=O) groups is 2. The summed E-state index contributed by atoms with van der Waals surface area (Å²) in [6.45, 7) is 7.52. The molecule has 0 bridgehead atoms. The molecule has 6 heteroatoms. The number of nitrogens with one attached hydrogen (secondary N) is 2. The highest BCUT2D eigenvalue weighted by Crippen LogP contribution is 2.23. The van der Waals surface area contributed by atoms with Crippen LogP contribution < -0.4 is 10.6 Å². The van der Waals surface area contributed by atoms with Crippen LogP contribution in [0.4, 0.5) is 10.5 Å². The highest BCUT2D eigenvalue weighted by atomic mass is 16.5. The van der Waals surface area contributed by atoms with Crippen LogP contribution in [0.15, 0.2) is 18.2 Å². The molecule has 1 fully saturated rings. The second-order valence-electron chi connectivity index (χ2n) is 6.79. The summed E-state index contributed by atoms with van der Waals surface area (Å²) in [4.78, 5) is 26.7. The summed E-state index contributed by atoms with van der Waals surface area (Å²) in [5.41, 5.74) is 3.11. The van der Waals surface area contributed by atoms with Gasteiger partial charge in [-0.15, -0.1) is 0 Å². The van der Waals surface area contributed by atoms with E-state index in [0.717, 1.165) is 24.1 Å². The van der Waals surface area contributed by atoms with Gasteiger partial charge < -0.3 is 20.3 Å². The summed E-state index contributed by atoms with van der Waals surface area (Å²) in [6.07, 6.45) is 1.62. The van der Waals surface area contributed by atoms with Crippen molar-refractivity contribution in [2.45, 2.75) is 39.7 Å². The van der Waals surface area contributed by atoms with E-state index in [1.165, 1.54) is 5.56 Å². The summed E-state index contributed by atoms with van der Waals surface area (Å²) in [7, 11) is 1.60. The first-order chi connectivity index (χ1) is 11.9. The molecule has 138 valence electrons. The van der Waals surface area contributed by atoms with Crippen LogP contribution >= 0.6 is 0 Å². The lowest BCUT2D eigenvalue weighted by atomic mass is 9.93. The molecule has 1 heterocycles. The van der Waals surface area contributed by atoms with E-state index in [-0.39, 0.29) is 23.9 Å². The predicted molar refractivity (Wildman–Crippen MR) is 98.7 cm³/mol. The first-order valence-electron chi connectivity index (χ1n) is 8.84. The highest BCUT2D eigenvalue weighted by Gasteiger charge is 2.32. The third kappa shape index (κ3) is 5.19. The van der Waals surface area contributed by atoms with E-state index in [0.29, 0.717) is 19.7 Å². The number of carbonyl (C=O) groups excluding carboxylic acids is 2. The Labute approximate surface area is 149 Å². The Balaban J connectivity index is 1.97. The smallest absolute Gasteiger partial charge is 0.322 e. The molecule has 1 aliphatic rings. The van der Waals surface area contributed by atoms with Gasteiger partial charge in [0.05, 0.1) is 12.5 Å². The van der Waals surface area contributed by atoms with Gasteiger partial charge in [-0.3, -0.25) is 4.79 Å². The minimum atomic E-state index is -0.168. The average Bonchev–Trinajstić information content (AvgIpc) is 2.58. The second-order valence-corrected chi connectivity index (χ2v) is 6.79. The van der Waals surface area contributed by atoms with Gasteiger partial charge in [-0.1, -0.05) is 6.07 Å². The summed E-state index contributed by atoms with van der Waals surface area (Å²) < 4.78 is 4.95. The van der Waals surface area contributed by atoms with Crippen LogP contribution in [0.25, 0.3) is 0 Å². The molecule has 0 spiro atoms. The number of urea groups is 1. The van der Waals surface area contributed by atoms with Gasteiger partial charge in [0.2, 0.25) is 5.91 Å². The van der Waals surface area contributed by atoms with E-state index in [4.69, 9.17) is 4.74 Å². The van der Waals surface area contributed by atoms with Gasteiger partial charge in [-0.25, -0.2) is 4.79 Å². The number of anilines is 1. The molecule has 2 atom stereocenters. The van der Waals surface area contributed by atoms with Crippen molar-refractivity contribution in [3.8, 4) is 0 Å². The standard InChI is InChI=1S/C19H29N3O3/c1-13-5-8-17(11-14(13)2)21-19(24)22-12-16(7-6-15(22)3)18(23)20-9-10-25-4/h5,8,11,15-16H,6-7,9-10,12H2,1-4H3,(H,20,23)(H,21,24)/t15-,16+/m0/s1. The molecule has 3 amide bonds. The molecule has 0 aromatic heterocycles. The minimum absolute atomic E-state index is 0.00655. The summed E-state index contributed by atoms with van der Waals surface area (Å²) >= 11 is 0. The van der Waals surface area contributed by atoms with E-state index >= 15 is 0 Å². The fourth-order valence-corrected chi connectivity index (χ4v) is 3.04. The molecule has 1 saturated heterocycles. The van der Waals surface area contributed by atoms with Gasteiger partial charge in [-0.2, -0.15) is 0 Å². The fraction of sp³-hybridized carbons (Fsp3) is 0.579. The molecule has 1 aromatic carbocycles. The summed E-state index contributed by atoms with van der Waals surface area (Å²) in [6, 6.07) is 5.84. The maximum atomic E-state index is 12.7. The van der Waals surface area contributed by atoms with Crippen LogP contribution in [0.1, 0.15) is 30.9 Å². The molecular formula is C19H29N3O3. The topological polar surface area (TPSA) is 70.7 Å². The number of hydrogen-bond donors (Lipinski definition) is 2. The molecule has 1 aromatic rings. The lowest BCUT2D eigenvalue weighted by Crippen LogP contribution is -2.51. The van der Waals surface area contributed by atoms with Crippen molar-refractivity contribution >= 4 is 17.6 Å². The summed E-state index contributed by atoms with van der Waals surface area (Å²) in [5, 5.41) is 5.83. The Bertz CT molecular complexity index is 618. The van der Waals surface area contributed by atoms with Gasteiger partial charge in [-0.05, 0) is 56.9 Å². The number of aryl methyl sites for hydroxylation is 2. The molecule has 0 aliphatic carbocycles. The van der Waals surface area contributed by atoms with Crippen LogP contribution in [-0.2, 0) is 9.53 Å². The normalized spacial score (nSPS) is 20.2. The lowest BCUT2D eigenvalue weighted by Gasteiger charge is -2.37. The van der Waals surface area contributed by atoms with Crippen LogP contribution in [0.2, 0.25) is 0 Å². The first kappa shape index (κ1) is 19.2. The molecule has 6 nitrogen and oxygen atoms in total. The Morgan fingerprint density at radius 3 is 2.68 bits per heavy atom. The van der Waals surface area contributed by atoms with Gasteiger partial charge >= 0.3 is 6.03 Å². The Morgan fingerprint density at radius 2 is 2.00 bits per heavy atom. The molecule has 0 radical (unpaired) electrons. The number of ether oxygens (including phenoxy) is 1. The number of methoxy groups -OCH3 is 1. The van der Waals surface area contributed by atoms with E-state index in [1.54, 1.807) is 12.0 Å². The average molecular weight is 347 g/mol. The Kier molecular flexibility index (Phi) is 6.82. The van der Waals surface area contributed by atoms with Crippen molar-refractivity contribution in [3.05, 3.63) is 29.3 Å². The maximum Gasteiger partial charge on any atom is 0.322 e. The zero-order valence-corrected chi connectivity index (χ0v) is 15.6. The van der Waals surface area contributed by atoms with Gasteiger partial charge in [0.1, 0.15) is 0 Å². The SMILES string of the molecule is COCCNC(=O)[C@@H]1CC[C@H](C)N(C(=O)Nc2ccc(C)c(C)c2)C1. The third-order valence-corrected chi connectivity index (χ3v) is 4.88. The van der Waals surface area contributed by atoms with Crippen molar-refractivity contribution in [2.24, 2.45) is 5.92 Å². The fourth-order valence-electron chi connectivity index (χ4n) is 3.04. The van der Waals surface area contributed by atoms with Crippen molar-refractivity contribution in [1.82, 2.24) is 10.2 Å². The first-order valence-corrected chi connectivity index (χ1v) is 8.84. The van der Waals surface area contributed by atoms with E-state index in [9.17, 15) is 9.59 Å². The van der Waals surface area contributed by atoms with Crippen LogP contribution in [0.5, 0.6) is 0 Å². The number of piperidine rings is 1. The molecule has 2 N–H and O–H groups in total. The quantitative estimate of drug-likeness (QED) is 0.805. The number of amides is 3. The van der Waals surface area contributed by atoms with E-state index < -0.39 is 0 Å². The number of hydrogen-bond acceptors (Lipinski definition) is 3. The van der Waals surface area contributed by atoms with E-state index in [2.05, 4.69) is 10.6 Å². The van der Waals surface area contributed by atoms with Crippen LogP contribution in [0, 0.1) is 19.8 Å². The molecule has 0 unspecified atom stereocenters. The van der Waals surface area contributed by atoms with Gasteiger partial charge in [0.15, 0.2) is 0 Å². The Hall–Kier alpha value is -2.08. The minimum Gasteiger partial charge on any atom is -0.383 e. The zero-order chi connectivity index (χ0) is 18.4. The third-order valence-electron chi connectivity index (χ3n) is 4.88. The number of rotatable bonds is 5. The lowest BCUT2D eigenvalue weighted by molar-refractivity contribution is -0.126. The molecule has 2 rings (SSSR count). The number of likely N-dealkylation sites (tertiary alicyclic amines) is 1. The zero-order valence-electron chi connectivity index (χ0n) is 15.6. The number of nitrogens with zero attached hydrogens (tertiary/aromatic N) is 1. The Morgan fingerprint density at radius 1 is 1.24 bits per heavy atom. The van der Waals surface area contributed by atoms with Crippen LogP contribution in [0.3, 0.4) is 0 Å². The highest BCUT2D eigenvalue weighted by molar-refractivity contribution is 5.90. The molecule has 25 heavy (non-hydrogen) atoms. The van der Waals surface area contributed by atoms with Crippen molar-refractivity contribution in [3.63, 3.8) is 0 Å². The van der Waals surface area contributed by atoms with Crippen molar-refractivity contribution in [1.29, 1.82) is 0 Å². The second kappa shape index (κ2) is 8.85. The van der Waals surface area contributed by atoms with Crippen molar-refractivity contribution in [2.75, 3.05) is 32.1 Å². The van der Waals surface area contributed by atoms with Gasteiger partial charge in [0, 0.05) is 31.9 Å². The van der Waals surface area contributed by atoms with Crippen molar-refractivity contribution < 1.29 is 14.3 Å². The summed E-state index contributed by atoms with van der Waals surface area (Å²) in [5.74, 6) is -0.175. The largest absolute Gasteiger partial charge is 0.383 e. The van der Waals surface area contributed by atoms with E-state index in [1.807, 2.05) is 39.0 Å². The molecule has 0 saturated carbocycles. The predicted octanol–water partition coefficient (Wildman–Crippen LogP) is 2.70. The number of benzene rings is 1. The molecular weight excluding hydrogens is 318 g/mol. The van der Waals surface area contributed by atoms with Crippen LogP contribution in [-0.4, -0.2) is 49.7 Å². The van der Waals surface area contributed by atoms with Gasteiger partial charge in [0.25, 0.3) is 0 Å².